The highest BCUT2D eigenvalue weighted by molar-refractivity contribution is 5.86. The first-order chi connectivity index (χ1) is 7.13. The molecule has 2 amide bonds. The van der Waals surface area contributed by atoms with Crippen molar-refractivity contribution in [2.75, 3.05) is 13.1 Å². The molecule has 0 aromatic rings. The highest BCUT2D eigenvalue weighted by atomic mass is 16.2. The summed E-state index contributed by atoms with van der Waals surface area (Å²) in [6.07, 6.45) is 4.23. The zero-order valence-electron chi connectivity index (χ0n) is 8.82. The Bertz CT molecular complexity index is 276. The van der Waals surface area contributed by atoms with Crippen molar-refractivity contribution in [2.45, 2.75) is 19.4 Å². The van der Waals surface area contributed by atoms with Crippen molar-refractivity contribution in [3.05, 3.63) is 12.2 Å². The summed E-state index contributed by atoms with van der Waals surface area (Å²) in [6.45, 7) is 2.44. The van der Waals surface area contributed by atoms with Crippen LogP contribution in [0.2, 0.25) is 0 Å². The van der Waals surface area contributed by atoms with Gasteiger partial charge in [0.25, 0.3) is 0 Å². The Morgan fingerprint density at radius 1 is 1.40 bits per heavy atom. The predicted molar refractivity (Wildman–Crippen MR) is 56.9 cm³/mol. The van der Waals surface area contributed by atoms with E-state index in [1.807, 2.05) is 13.0 Å². The lowest BCUT2D eigenvalue weighted by Gasteiger charge is -2.10. The van der Waals surface area contributed by atoms with Gasteiger partial charge in [0.1, 0.15) is 0 Å². The lowest BCUT2D eigenvalue weighted by Crippen LogP contribution is -2.39. The number of amides is 2. The normalized spacial score (nSPS) is 23.9. The van der Waals surface area contributed by atoms with Gasteiger partial charge >= 0.3 is 0 Å². The fourth-order valence-corrected chi connectivity index (χ4v) is 1.48. The number of nitrogens with two attached hydrogens (primary N) is 1. The Morgan fingerprint density at radius 2 is 2.13 bits per heavy atom. The number of carbonyl (C=O) groups is 2. The molecule has 2 atom stereocenters. The van der Waals surface area contributed by atoms with Crippen LogP contribution in [-0.4, -0.2) is 30.9 Å². The zero-order valence-corrected chi connectivity index (χ0v) is 8.82. The van der Waals surface area contributed by atoms with Crippen LogP contribution in [0, 0.1) is 5.92 Å². The van der Waals surface area contributed by atoms with Crippen LogP contribution in [0.4, 0.5) is 0 Å². The number of rotatable bonds is 4. The van der Waals surface area contributed by atoms with E-state index in [9.17, 15) is 9.59 Å². The molecule has 15 heavy (non-hydrogen) atoms. The molecule has 0 radical (unpaired) electrons. The van der Waals surface area contributed by atoms with Crippen molar-refractivity contribution >= 4 is 11.8 Å². The van der Waals surface area contributed by atoms with Gasteiger partial charge in [-0.15, -0.1) is 0 Å². The number of likely N-dealkylation sites (N-methyl/N-ethyl adjacent to an activating group) is 1. The first kappa shape index (κ1) is 11.7. The van der Waals surface area contributed by atoms with Gasteiger partial charge in [0.05, 0.1) is 12.5 Å². The topological polar surface area (TPSA) is 84.2 Å². The second-order valence-electron chi connectivity index (χ2n) is 3.56. The van der Waals surface area contributed by atoms with Gasteiger partial charge in [-0.2, -0.15) is 0 Å². The van der Waals surface area contributed by atoms with E-state index in [-0.39, 0.29) is 30.3 Å². The third kappa shape index (κ3) is 3.71. The SMILES string of the molecule is CCNC(=O)CNC(=O)C1C=CC(N)C1. The Labute approximate surface area is 89.1 Å². The Hall–Kier alpha value is -1.36. The van der Waals surface area contributed by atoms with Crippen LogP contribution in [-0.2, 0) is 9.59 Å². The van der Waals surface area contributed by atoms with Gasteiger partial charge in [-0.25, -0.2) is 0 Å². The molecule has 0 aliphatic heterocycles. The van der Waals surface area contributed by atoms with Crippen molar-refractivity contribution in [1.82, 2.24) is 10.6 Å². The van der Waals surface area contributed by atoms with Gasteiger partial charge in [-0.3, -0.25) is 9.59 Å². The molecule has 0 saturated heterocycles. The molecule has 0 bridgehead atoms. The molecule has 84 valence electrons. The lowest BCUT2D eigenvalue weighted by molar-refractivity contribution is -0.127. The van der Waals surface area contributed by atoms with Crippen molar-refractivity contribution in [3.8, 4) is 0 Å². The summed E-state index contributed by atoms with van der Waals surface area (Å²) in [5.74, 6) is -0.489. The van der Waals surface area contributed by atoms with E-state index in [4.69, 9.17) is 5.73 Å². The van der Waals surface area contributed by atoms with Gasteiger partial charge in [0, 0.05) is 12.6 Å². The Balaban J connectivity index is 2.25. The van der Waals surface area contributed by atoms with Gasteiger partial charge < -0.3 is 16.4 Å². The average Bonchev–Trinajstić information content (AvgIpc) is 2.62. The minimum atomic E-state index is -0.186. The Morgan fingerprint density at radius 3 is 2.67 bits per heavy atom. The van der Waals surface area contributed by atoms with Crippen LogP contribution in [0.25, 0.3) is 0 Å². The van der Waals surface area contributed by atoms with Crippen LogP contribution in [0.3, 0.4) is 0 Å². The first-order valence-corrected chi connectivity index (χ1v) is 5.11. The minimum Gasteiger partial charge on any atom is -0.355 e. The largest absolute Gasteiger partial charge is 0.355 e. The smallest absolute Gasteiger partial charge is 0.239 e. The summed E-state index contributed by atoms with van der Waals surface area (Å²) in [6, 6.07) is -0.0368. The standard InChI is InChI=1S/C10H17N3O2/c1-2-12-9(14)6-13-10(15)7-3-4-8(11)5-7/h3-4,7-8H,2,5-6,11H2,1H3,(H,12,14)(H,13,15). The summed E-state index contributed by atoms with van der Waals surface area (Å²) in [5.41, 5.74) is 5.62. The highest BCUT2D eigenvalue weighted by Gasteiger charge is 2.22. The minimum absolute atomic E-state index is 0.0340. The monoisotopic (exact) mass is 211 g/mol. The van der Waals surface area contributed by atoms with E-state index in [2.05, 4.69) is 10.6 Å². The van der Waals surface area contributed by atoms with Crippen LogP contribution in [0.1, 0.15) is 13.3 Å². The van der Waals surface area contributed by atoms with E-state index < -0.39 is 0 Å². The van der Waals surface area contributed by atoms with Crippen LogP contribution < -0.4 is 16.4 Å². The number of nitrogens with one attached hydrogen (secondary N) is 2. The maximum absolute atomic E-state index is 11.5. The molecule has 0 aromatic heterocycles. The van der Waals surface area contributed by atoms with Crippen molar-refractivity contribution < 1.29 is 9.59 Å². The highest BCUT2D eigenvalue weighted by Crippen LogP contribution is 2.15. The summed E-state index contributed by atoms with van der Waals surface area (Å²) >= 11 is 0. The van der Waals surface area contributed by atoms with Crippen LogP contribution >= 0.6 is 0 Å². The third-order valence-corrected chi connectivity index (χ3v) is 2.25. The lowest BCUT2D eigenvalue weighted by atomic mass is 10.1. The van der Waals surface area contributed by atoms with Gasteiger partial charge in [-0.05, 0) is 13.3 Å². The van der Waals surface area contributed by atoms with E-state index in [1.54, 1.807) is 6.08 Å². The molecule has 0 aromatic carbocycles. The first-order valence-electron chi connectivity index (χ1n) is 5.11. The van der Waals surface area contributed by atoms with Gasteiger partial charge in [-0.1, -0.05) is 12.2 Å². The van der Waals surface area contributed by atoms with Crippen LogP contribution in [0.5, 0.6) is 0 Å². The molecule has 5 heteroatoms. The second-order valence-corrected chi connectivity index (χ2v) is 3.56. The van der Waals surface area contributed by atoms with E-state index >= 15 is 0 Å². The summed E-state index contributed by atoms with van der Waals surface area (Å²) in [5, 5.41) is 5.18. The molecule has 1 aliphatic rings. The quantitative estimate of drug-likeness (QED) is 0.529. The molecule has 4 N–H and O–H groups in total. The molecule has 1 rings (SSSR count). The predicted octanol–water partition coefficient (Wildman–Crippen LogP) is -0.858. The molecule has 5 nitrogen and oxygen atoms in total. The fraction of sp³-hybridized carbons (Fsp3) is 0.600. The molecule has 0 fully saturated rings. The average molecular weight is 211 g/mol. The molecule has 0 saturated carbocycles. The number of hydrogen-bond acceptors (Lipinski definition) is 3. The third-order valence-electron chi connectivity index (χ3n) is 2.25. The van der Waals surface area contributed by atoms with Gasteiger partial charge in [0.15, 0.2) is 0 Å². The second kappa shape index (κ2) is 5.50. The van der Waals surface area contributed by atoms with Crippen LogP contribution in [0.15, 0.2) is 12.2 Å². The molecular weight excluding hydrogens is 194 g/mol. The van der Waals surface area contributed by atoms with Gasteiger partial charge in [0.2, 0.25) is 11.8 Å². The maximum Gasteiger partial charge on any atom is 0.239 e. The van der Waals surface area contributed by atoms with E-state index in [0.717, 1.165) is 0 Å². The van der Waals surface area contributed by atoms with Crippen molar-refractivity contribution in [1.29, 1.82) is 0 Å². The Kier molecular flexibility index (Phi) is 4.30. The summed E-state index contributed by atoms with van der Waals surface area (Å²) < 4.78 is 0. The summed E-state index contributed by atoms with van der Waals surface area (Å²) in [7, 11) is 0. The van der Waals surface area contributed by atoms with E-state index in [1.165, 1.54) is 0 Å². The molecule has 0 spiro atoms. The fourth-order valence-electron chi connectivity index (χ4n) is 1.48. The zero-order chi connectivity index (χ0) is 11.3. The summed E-state index contributed by atoms with van der Waals surface area (Å²) in [4.78, 5) is 22.6. The molecule has 2 unspecified atom stereocenters. The molecule has 1 aliphatic carbocycles. The van der Waals surface area contributed by atoms with Crippen molar-refractivity contribution in [3.63, 3.8) is 0 Å². The number of hydrogen-bond donors (Lipinski definition) is 3. The number of carbonyl (C=O) groups excluding carboxylic acids is 2. The van der Waals surface area contributed by atoms with E-state index in [0.29, 0.717) is 13.0 Å². The molecular formula is C10H17N3O2. The molecule has 0 heterocycles. The maximum atomic E-state index is 11.5. The van der Waals surface area contributed by atoms with Crippen molar-refractivity contribution in [2.24, 2.45) is 11.7 Å².